The second-order valence-corrected chi connectivity index (χ2v) is 12.2. The molecular formula is C32H39NO5S. The molecule has 2 aromatic rings. The van der Waals surface area contributed by atoms with E-state index in [2.05, 4.69) is 13.0 Å². The summed E-state index contributed by atoms with van der Waals surface area (Å²) in [4.78, 5) is 29.5. The van der Waals surface area contributed by atoms with Crippen molar-refractivity contribution in [3.05, 3.63) is 67.9 Å². The molecule has 0 bridgehead atoms. The Kier molecular flexibility index (Phi) is 8.40. The van der Waals surface area contributed by atoms with Crippen molar-refractivity contribution in [2.24, 2.45) is 17.8 Å². The van der Waals surface area contributed by atoms with E-state index in [1.165, 1.54) is 16.0 Å². The molecule has 1 aliphatic carbocycles. The van der Waals surface area contributed by atoms with Crippen LogP contribution in [0.3, 0.4) is 0 Å². The third kappa shape index (κ3) is 5.49. The van der Waals surface area contributed by atoms with Gasteiger partial charge in [-0.2, -0.15) is 0 Å². The van der Waals surface area contributed by atoms with Crippen molar-refractivity contribution in [3.63, 3.8) is 0 Å². The maximum atomic E-state index is 13.6. The van der Waals surface area contributed by atoms with Gasteiger partial charge < -0.3 is 14.6 Å². The van der Waals surface area contributed by atoms with E-state index in [9.17, 15) is 14.7 Å². The van der Waals surface area contributed by atoms with Gasteiger partial charge in [0.05, 0.1) is 37.7 Å². The normalized spacial score (nSPS) is 25.0. The second kappa shape index (κ2) is 11.8. The monoisotopic (exact) mass is 549 g/mol. The number of aromatic hydroxyl groups is 1. The van der Waals surface area contributed by atoms with E-state index in [0.717, 1.165) is 52.8 Å². The van der Waals surface area contributed by atoms with Crippen LogP contribution in [0.15, 0.2) is 46.4 Å². The van der Waals surface area contributed by atoms with Crippen molar-refractivity contribution < 1.29 is 24.2 Å². The quantitative estimate of drug-likeness (QED) is 0.282. The Labute approximate surface area is 235 Å². The lowest BCUT2D eigenvalue weighted by molar-refractivity contribution is -0.140. The van der Waals surface area contributed by atoms with Crippen molar-refractivity contribution >= 4 is 29.2 Å². The predicted octanol–water partition coefficient (Wildman–Crippen LogP) is 6.20. The summed E-state index contributed by atoms with van der Waals surface area (Å²) < 4.78 is 12.0. The molecule has 6 nitrogen and oxygen atoms in total. The Hall–Kier alpha value is -2.74. The van der Waals surface area contributed by atoms with Gasteiger partial charge in [-0.1, -0.05) is 31.1 Å². The van der Waals surface area contributed by atoms with Crippen LogP contribution in [-0.4, -0.2) is 48.2 Å². The highest BCUT2D eigenvalue weighted by atomic mass is 32.1. The van der Waals surface area contributed by atoms with Crippen LogP contribution in [-0.2, 0) is 25.6 Å². The van der Waals surface area contributed by atoms with Gasteiger partial charge in [0.2, 0.25) is 11.8 Å². The molecule has 0 spiro atoms. The average Bonchev–Trinajstić information content (AvgIpc) is 3.63. The Morgan fingerprint density at radius 3 is 2.62 bits per heavy atom. The van der Waals surface area contributed by atoms with Crippen LogP contribution in [0.2, 0.25) is 0 Å². The van der Waals surface area contributed by atoms with Crippen LogP contribution < -0.4 is 0 Å². The molecule has 3 aliphatic rings. The zero-order valence-corrected chi connectivity index (χ0v) is 24.2. The molecular weight excluding hydrogens is 510 g/mol. The van der Waals surface area contributed by atoms with Crippen LogP contribution in [0.4, 0.5) is 0 Å². The summed E-state index contributed by atoms with van der Waals surface area (Å²) in [5, 5.41) is 12.2. The van der Waals surface area contributed by atoms with Crippen LogP contribution in [0, 0.1) is 31.6 Å². The fourth-order valence-electron chi connectivity index (χ4n) is 6.77. The fraction of sp³-hybridized carbons (Fsp3) is 0.500. The lowest BCUT2D eigenvalue weighted by Gasteiger charge is -2.31. The maximum Gasteiger partial charge on any atom is 0.234 e. The summed E-state index contributed by atoms with van der Waals surface area (Å²) >= 11 is 1.57. The van der Waals surface area contributed by atoms with Gasteiger partial charge in [-0.25, -0.2) is 0 Å². The maximum absolute atomic E-state index is 13.6. The molecule has 2 amide bonds. The first-order chi connectivity index (χ1) is 18.8. The molecule has 0 radical (unpaired) electrons. The zero-order chi connectivity index (χ0) is 27.7. The number of ether oxygens (including phenoxy) is 2. The minimum atomic E-state index is -0.341. The number of thiophene rings is 1. The number of imide groups is 1. The summed E-state index contributed by atoms with van der Waals surface area (Å²) in [5.41, 5.74) is 6.56. The number of carbonyl (C=O) groups is 2. The molecule has 4 atom stereocenters. The van der Waals surface area contributed by atoms with Crippen molar-refractivity contribution in [3.8, 4) is 5.75 Å². The van der Waals surface area contributed by atoms with E-state index in [1.54, 1.807) is 18.4 Å². The number of hydrogen-bond acceptors (Lipinski definition) is 6. The minimum absolute atomic E-state index is 0.0498. The fourth-order valence-corrected chi connectivity index (χ4v) is 7.47. The number of phenolic OH excluding ortho intramolecular Hbond substituents is 1. The van der Waals surface area contributed by atoms with Gasteiger partial charge >= 0.3 is 0 Å². The van der Waals surface area contributed by atoms with Crippen LogP contribution in [0.25, 0.3) is 6.08 Å². The number of allylic oxidation sites excluding steroid dienone is 1. The SMILES string of the molecule is CCC/C(=C\c1cc(C)c(O)c(C)c1)CC[C@H]1OC[C@H]2C1=C(COC)C[C@H]1C(=O)N(Cc3cccs3)C(=O)[C@H]12. The van der Waals surface area contributed by atoms with Gasteiger partial charge in [-0.05, 0) is 90.9 Å². The molecule has 2 saturated heterocycles. The van der Waals surface area contributed by atoms with Gasteiger partial charge in [0, 0.05) is 17.9 Å². The van der Waals surface area contributed by atoms with Gasteiger partial charge in [-0.3, -0.25) is 14.5 Å². The zero-order valence-electron chi connectivity index (χ0n) is 23.4. The summed E-state index contributed by atoms with van der Waals surface area (Å²) in [7, 11) is 1.69. The molecule has 2 aliphatic heterocycles. The molecule has 3 heterocycles. The van der Waals surface area contributed by atoms with Crippen LogP contribution in [0.1, 0.15) is 60.6 Å². The first-order valence-electron chi connectivity index (χ1n) is 14.0. The van der Waals surface area contributed by atoms with Crippen LogP contribution >= 0.6 is 11.3 Å². The summed E-state index contributed by atoms with van der Waals surface area (Å²) in [6.45, 7) is 7.35. The van der Waals surface area contributed by atoms with Gasteiger partial charge in [0.15, 0.2) is 0 Å². The van der Waals surface area contributed by atoms with Crippen molar-refractivity contribution in [2.45, 2.75) is 65.5 Å². The van der Waals surface area contributed by atoms with E-state index >= 15 is 0 Å². The molecule has 1 aromatic heterocycles. The number of phenols is 1. The molecule has 7 heteroatoms. The Morgan fingerprint density at radius 2 is 1.95 bits per heavy atom. The predicted molar refractivity (Wildman–Crippen MR) is 153 cm³/mol. The van der Waals surface area contributed by atoms with Crippen molar-refractivity contribution in [1.82, 2.24) is 4.90 Å². The van der Waals surface area contributed by atoms with E-state index in [4.69, 9.17) is 9.47 Å². The molecule has 0 saturated carbocycles. The van der Waals surface area contributed by atoms with Crippen molar-refractivity contribution in [1.29, 1.82) is 0 Å². The smallest absolute Gasteiger partial charge is 0.234 e. The number of nitrogens with zero attached hydrogens (tertiary/aromatic N) is 1. The number of likely N-dealkylation sites (tertiary alicyclic amines) is 1. The van der Waals surface area contributed by atoms with E-state index in [0.29, 0.717) is 31.9 Å². The number of benzene rings is 1. The minimum Gasteiger partial charge on any atom is -0.507 e. The van der Waals surface area contributed by atoms with E-state index < -0.39 is 0 Å². The number of fused-ring (bicyclic) bond motifs is 3. The molecule has 1 aromatic carbocycles. The first kappa shape index (κ1) is 27.8. The lowest BCUT2D eigenvalue weighted by atomic mass is 9.69. The molecule has 1 N–H and O–H groups in total. The molecule has 2 fully saturated rings. The highest BCUT2D eigenvalue weighted by Gasteiger charge is 2.56. The number of hydrogen-bond donors (Lipinski definition) is 1. The summed E-state index contributed by atoms with van der Waals surface area (Å²) in [6, 6.07) is 8.00. The Balaban J connectivity index is 1.36. The van der Waals surface area contributed by atoms with Gasteiger partial charge in [0.25, 0.3) is 0 Å². The Bertz CT molecular complexity index is 1270. The van der Waals surface area contributed by atoms with Crippen molar-refractivity contribution in [2.75, 3.05) is 20.3 Å². The molecule has 39 heavy (non-hydrogen) atoms. The topological polar surface area (TPSA) is 76.1 Å². The number of carbonyl (C=O) groups excluding carboxylic acids is 2. The number of aryl methyl sites for hydroxylation is 2. The Morgan fingerprint density at radius 1 is 1.18 bits per heavy atom. The van der Waals surface area contributed by atoms with Gasteiger partial charge in [0.1, 0.15) is 5.75 Å². The molecule has 5 rings (SSSR count). The third-order valence-corrected chi connectivity index (χ3v) is 9.36. The highest BCUT2D eigenvalue weighted by molar-refractivity contribution is 7.09. The average molecular weight is 550 g/mol. The number of amides is 2. The molecule has 208 valence electrons. The summed E-state index contributed by atoms with van der Waals surface area (Å²) in [5.74, 6) is -0.475. The van der Waals surface area contributed by atoms with Crippen LogP contribution in [0.5, 0.6) is 5.75 Å². The first-order valence-corrected chi connectivity index (χ1v) is 14.9. The third-order valence-electron chi connectivity index (χ3n) is 8.49. The highest BCUT2D eigenvalue weighted by Crippen LogP contribution is 2.50. The molecule has 0 unspecified atom stereocenters. The lowest BCUT2D eigenvalue weighted by Crippen LogP contribution is -2.35. The number of rotatable bonds is 10. The number of methoxy groups -OCH3 is 1. The van der Waals surface area contributed by atoms with E-state index in [-0.39, 0.29) is 35.7 Å². The second-order valence-electron chi connectivity index (χ2n) is 11.2. The van der Waals surface area contributed by atoms with Gasteiger partial charge in [-0.15, -0.1) is 11.3 Å². The van der Waals surface area contributed by atoms with E-state index in [1.807, 2.05) is 43.5 Å². The summed E-state index contributed by atoms with van der Waals surface area (Å²) in [6.07, 6.45) is 6.51. The standard InChI is InChI=1S/C32H39NO5S/c1-5-7-21(14-22-12-19(2)30(34)20(3)13-22)9-10-27-28-23(17-37-4)15-25-29(26(28)18-38-27)32(36)33(31(25)35)16-24-8-6-11-39-24/h6,8,11-14,25-27,29,34H,5,7,9-10,15-18H2,1-4H3/b21-14+/t25-,26+,27-,29-/m1/s1. The largest absolute Gasteiger partial charge is 0.507 e.